The molecule has 1 N–H and O–H groups in total. The normalized spacial score (nSPS) is 14.9. The lowest BCUT2D eigenvalue weighted by atomic mass is 9.95. The largest absolute Gasteiger partial charge is 0.469 e. The lowest BCUT2D eigenvalue weighted by molar-refractivity contribution is -0.145. The fraction of sp³-hybridized carbons (Fsp3) is 0.500. The lowest BCUT2D eigenvalue weighted by Crippen LogP contribution is -2.17. The number of anilines is 1. The summed E-state index contributed by atoms with van der Waals surface area (Å²) in [6.07, 6.45) is 2.68. The molecule has 0 aromatic heterocycles. The van der Waals surface area contributed by atoms with Crippen LogP contribution in [-0.2, 0) is 22.4 Å². The molecule has 0 aliphatic carbocycles. The van der Waals surface area contributed by atoms with Crippen LogP contribution in [0.4, 0.5) is 5.69 Å². The fourth-order valence-corrected chi connectivity index (χ4v) is 2.33. The number of esters is 1. The second kappa shape index (κ2) is 5.21. The van der Waals surface area contributed by atoms with Gasteiger partial charge in [-0.3, -0.25) is 4.79 Å². The SMILES string of the molecule is CCC(Cc1ccc2c(c1)CCN2)C(=O)OC. The van der Waals surface area contributed by atoms with Crippen molar-refractivity contribution >= 4 is 11.7 Å². The number of methoxy groups -OCH3 is 1. The maximum atomic E-state index is 11.5. The van der Waals surface area contributed by atoms with Crippen molar-refractivity contribution in [3.8, 4) is 0 Å². The van der Waals surface area contributed by atoms with E-state index in [4.69, 9.17) is 4.74 Å². The molecule has 0 saturated heterocycles. The summed E-state index contributed by atoms with van der Waals surface area (Å²) in [6.45, 7) is 3.05. The van der Waals surface area contributed by atoms with Crippen LogP contribution < -0.4 is 5.32 Å². The highest BCUT2D eigenvalue weighted by Gasteiger charge is 2.18. The number of fused-ring (bicyclic) bond motifs is 1. The molecule has 1 unspecified atom stereocenters. The number of nitrogens with one attached hydrogen (secondary N) is 1. The van der Waals surface area contributed by atoms with Gasteiger partial charge in [0.05, 0.1) is 13.0 Å². The van der Waals surface area contributed by atoms with E-state index in [-0.39, 0.29) is 11.9 Å². The molecule has 3 heteroatoms. The maximum absolute atomic E-state index is 11.5. The Morgan fingerprint density at radius 1 is 1.53 bits per heavy atom. The van der Waals surface area contributed by atoms with Crippen LogP contribution in [0.5, 0.6) is 0 Å². The molecular formula is C14H19NO2. The quantitative estimate of drug-likeness (QED) is 0.811. The third-order valence-corrected chi connectivity index (χ3v) is 3.39. The highest BCUT2D eigenvalue weighted by atomic mass is 16.5. The van der Waals surface area contributed by atoms with E-state index in [0.717, 1.165) is 25.8 Å². The summed E-state index contributed by atoms with van der Waals surface area (Å²) >= 11 is 0. The smallest absolute Gasteiger partial charge is 0.308 e. The highest BCUT2D eigenvalue weighted by molar-refractivity contribution is 5.72. The van der Waals surface area contributed by atoms with Gasteiger partial charge in [-0.25, -0.2) is 0 Å². The Balaban J connectivity index is 2.10. The summed E-state index contributed by atoms with van der Waals surface area (Å²) in [5.41, 5.74) is 3.83. The average molecular weight is 233 g/mol. The molecule has 17 heavy (non-hydrogen) atoms. The van der Waals surface area contributed by atoms with Crippen LogP contribution in [0.1, 0.15) is 24.5 Å². The Kier molecular flexibility index (Phi) is 3.67. The van der Waals surface area contributed by atoms with E-state index in [9.17, 15) is 4.79 Å². The van der Waals surface area contributed by atoms with Gasteiger partial charge in [0.15, 0.2) is 0 Å². The summed E-state index contributed by atoms with van der Waals surface area (Å²) in [7, 11) is 1.46. The van der Waals surface area contributed by atoms with E-state index in [1.54, 1.807) is 0 Å². The Morgan fingerprint density at radius 3 is 3.06 bits per heavy atom. The predicted octanol–water partition coefficient (Wildman–Crippen LogP) is 2.40. The summed E-state index contributed by atoms with van der Waals surface area (Å²) in [5.74, 6) is -0.126. The van der Waals surface area contributed by atoms with Crippen LogP contribution in [0.15, 0.2) is 18.2 Å². The predicted molar refractivity (Wildman–Crippen MR) is 68.1 cm³/mol. The molecule has 0 radical (unpaired) electrons. The zero-order chi connectivity index (χ0) is 12.3. The first-order valence-electron chi connectivity index (χ1n) is 6.18. The molecule has 1 heterocycles. The van der Waals surface area contributed by atoms with Crippen molar-refractivity contribution in [2.45, 2.75) is 26.2 Å². The number of hydrogen-bond donors (Lipinski definition) is 1. The van der Waals surface area contributed by atoms with Crippen molar-refractivity contribution in [3.05, 3.63) is 29.3 Å². The fourth-order valence-electron chi connectivity index (χ4n) is 2.33. The van der Waals surface area contributed by atoms with E-state index in [0.29, 0.717) is 0 Å². The molecule has 2 rings (SSSR count). The molecular weight excluding hydrogens is 214 g/mol. The Labute approximate surface area is 102 Å². The van der Waals surface area contributed by atoms with Crippen molar-refractivity contribution in [2.24, 2.45) is 5.92 Å². The van der Waals surface area contributed by atoms with Crippen molar-refractivity contribution in [1.82, 2.24) is 0 Å². The third kappa shape index (κ3) is 2.60. The van der Waals surface area contributed by atoms with Crippen molar-refractivity contribution in [1.29, 1.82) is 0 Å². The maximum Gasteiger partial charge on any atom is 0.308 e. The van der Waals surface area contributed by atoms with Crippen molar-refractivity contribution < 1.29 is 9.53 Å². The molecule has 0 bridgehead atoms. The van der Waals surface area contributed by atoms with Gasteiger partial charge in [0.1, 0.15) is 0 Å². The van der Waals surface area contributed by atoms with Crippen LogP contribution in [0.3, 0.4) is 0 Å². The van der Waals surface area contributed by atoms with Crippen LogP contribution in [0, 0.1) is 5.92 Å². The Morgan fingerprint density at radius 2 is 2.35 bits per heavy atom. The Bertz CT molecular complexity index is 415. The van der Waals surface area contributed by atoms with Gasteiger partial charge in [0.2, 0.25) is 0 Å². The van der Waals surface area contributed by atoms with Crippen LogP contribution >= 0.6 is 0 Å². The summed E-state index contributed by atoms with van der Waals surface area (Å²) in [4.78, 5) is 11.5. The zero-order valence-corrected chi connectivity index (χ0v) is 10.5. The molecule has 1 aromatic rings. The number of carbonyl (C=O) groups is 1. The van der Waals surface area contributed by atoms with Crippen molar-refractivity contribution in [3.63, 3.8) is 0 Å². The summed E-state index contributed by atoms with van der Waals surface area (Å²) in [6, 6.07) is 6.42. The molecule has 0 fully saturated rings. The van der Waals surface area contributed by atoms with E-state index in [1.807, 2.05) is 6.92 Å². The minimum absolute atomic E-state index is 0.0209. The first kappa shape index (κ1) is 12.0. The molecule has 0 spiro atoms. The first-order chi connectivity index (χ1) is 8.24. The molecule has 0 saturated carbocycles. The average Bonchev–Trinajstić information content (AvgIpc) is 2.82. The number of rotatable bonds is 4. The van der Waals surface area contributed by atoms with Gasteiger partial charge in [-0.2, -0.15) is 0 Å². The van der Waals surface area contributed by atoms with Gasteiger partial charge >= 0.3 is 5.97 Å². The lowest BCUT2D eigenvalue weighted by Gasteiger charge is -2.13. The Hall–Kier alpha value is -1.51. The van der Waals surface area contributed by atoms with Gasteiger partial charge in [0, 0.05) is 12.2 Å². The molecule has 1 atom stereocenters. The zero-order valence-electron chi connectivity index (χ0n) is 10.5. The summed E-state index contributed by atoms with van der Waals surface area (Å²) < 4.78 is 4.82. The molecule has 1 aromatic carbocycles. The van der Waals surface area contributed by atoms with Crippen LogP contribution in [0.25, 0.3) is 0 Å². The van der Waals surface area contributed by atoms with Gasteiger partial charge in [-0.1, -0.05) is 19.1 Å². The molecule has 1 aliphatic heterocycles. The number of hydrogen-bond acceptors (Lipinski definition) is 3. The second-order valence-electron chi connectivity index (χ2n) is 4.50. The number of ether oxygens (including phenoxy) is 1. The van der Waals surface area contributed by atoms with E-state index >= 15 is 0 Å². The summed E-state index contributed by atoms with van der Waals surface area (Å²) in [5, 5.41) is 3.34. The minimum atomic E-state index is -0.105. The van der Waals surface area contributed by atoms with Crippen LogP contribution in [-0.4, -0.2) is 19.6 Å². The monoisotopic (exact) mass is 233 g/mol. The highest BCUT2D eigenvalue weighted by Crippen LogP contribution is 2.24. The molecule has 1 aliphatic rings. The third-order valence-electron chi connectivity index (χ3n) is 3.39. The van der Waals surface area contributed by atoms with E-state index < -0.39 is 0 Å². The van der Waals surface area contributed by atoms with Gasteiger partial charge in [0.25, 0.3) is 0 Å². The number of benzene rings is 1. The standard InChI is InChI=1S/C14H19NO2/c1-3-11(14(16)17-2)8-10-4-5-13-12(9-10)6-7-15-13/h4-5,9,11,15H,3,6-8H2,1-2H3. The number of carbonyl (C=O) groups excluding carboxylic acids is 1. The topological polar surface area (TPSA) is 38.3 Å². The molecule has 3 nitrogen and oxygen atoms in total. The van der Waals surface area contributed by atoms with E-state index in [2.05, 4.69) is 23.5 Å². The van der Waals surface area contributed by atoms with Gasteiger partial charge in [-0.15, -0.1) is 0 Å². The van der Waals surface area contributed by atoms with Crippen LogP contribution in [0.2, 0.25) is 0 Å². The van der Waals surface area contributed by atoms with Gasteiger partial charge in [-0.05, 0) is 36.5 Å². The molecule has 92 valence electrons. The first-order valence-corrected chi connectivity index (χ1v) is 6.18. The van der Waals surface area contributed by atoms with E-state index in [1.165, 1.54) is 23.9 Å². The van der Waals surface area contributed by atoms with Crippen molar-refractivity contribution in [2.75, 3.05) is 19.0 Å². The minimum Gasteiger partial charge on any atom is -0.469 e. The van der Waals surface area contributed by atoms with Gasteiger partial charge < -0.3 is 10.1 Å². The molecule has 0 amide bonds. The second-order valence-corrected chi connectivity index (χ2v) is 4.50.